The molecule has 0 aromatic heterocycles. The molecular weight excluding hydrogens is 260 g/mol. The second kappa shape index (κ2) is 6.84. The molecule has 0 aromatic rings. The third-order valence-corrected chi connectivity index (χ3v) is 5.71. The fourth-order valence-electron chi connectivity index (χ4n) is 2.96. The van der Waals surface area contributed by atoms with Crippen molar-refractivity contribution in [3.8, 4) is 0 Å². The van der Waals surface area contributed by atoms with Crippen molar-refractivity contribution in [3.05, 3.63) is 0 Å². The number of urea groups is 1. The molecule has 2 fully saturated rings. The van der Waals surface area contributed by atoms with E-state index in [1.165, 1.54) is 25.7 Å². The van der Waals surface area contributed by atoms with Gasteiger partial charge in [-0.25, -0.2) is 4.79 Å². The number of carbonyl (C=O) groups excluding carboxylic acids is 1. The average Bonchev–Trinajstić information content (AvgIpc) is 2.83. The summed E-state index contributed by atoms with van der Waals surface area (Å²) >= 11 is 1.75. The predicted molar refractivity (Wildman–Crippen MR) is 79.4 cm³/mol. The molecule has 0 radical (unpaired) electrons. The van der Waals surface area contributed by atoms with Gasteiger partial charge in [-0.15, -0.1) is 0 Å². The van der Waals surface area contributed by atoms with Crippen molar-refractivity contribution in [2.75, 3.05) is 24.6 Å². The normalized spacial score (nSPS) is 35.1. The minimum atomic E-state index is -0.694. The standard InChI is InChI=1S/C14H26N2O2S/c1-11-4-2-3-5-12(11)8-15-13(17)16-9-14(18)6-7-19-10-14/h11-12,18H,2-10H2,1H3,(H2,15,16,17). The molecule has 1 saturated carbocycles. The maximum absolute atomic E-state index is 11.8. The number of amides is 2. The van der Waals surface area contributed by atoms with Crippen LogP contribution in [-0.4, -0.2) is 41.3 Å². The summed E-state index contributed by atoms with van der Waals surface area (Å²) in [6.45, 7) is 3.41. The van der Waals surface area contributed by atoms with E-state index in [1.54, 1.807) is 11.8 Å². The van der Waals surface area contributed by atoms with Crippen LogP contribution in [-0.2, 0) is 0 Å². The summed E-state index contributed by atoms with van der Waals surface area (Å²) in [6, 6.07) is -0.136. The Morgan fingerprint density at radius 1 is 1.37 bits per heavy atom. The lowest BCUT2D eigenvalue weighted by molar-refractivity contribution is 0.0699. The zero-order valence-corrected chi connectivity index (χ0v) is 12.6. The molecule has 4 nitrogen and oxygen atoms in total. The van der Waals surface area contributed by atoms with E-state index < -0.39 is 5.60 Å². The predicted octanol–water partition coefficient (Wildman–Crippen LogP) is 1.98. The van der Waals surface area contributed by atoms with Gasteiger partial charge in [0, 0.05) is 18.8 Å². The Balaban J connectivity index is 1.64. The monoisotopic (exact) mass is 286 g/mol. The van der Waals surface area contributed by atoms with E-state index in [1.807, 2.05) is 0 Å². The van der Waals surface area contributed by atoms with Crippen LogP contribution in [0.5, 0.6) is 0 Å². The molecule has 2 aliphatic rings. The van der Waals surface area contributed by atoms with Crippen LogP contribution in [0, 0.1) is 11.8 Å². The van der Waals surface area contributed by atoms with Crippen LogP contribution in [0.15, 0.2) is 0 Å². The third-order valence-electron chi connectivity index (χ3n) is 4.47. The summed E-state index contributed by atoms with van der Waals surface area (Å²) in [5.74, 6) is 3.04. The van der Waals surface area contributed by atoms with E-state index in [4.69, 9.17) is 0 Å². The van der Waals surface area contributed by atoms with Gasteiger partial charge in [0.25, 0.3) is 0 Å². The van der Waals surface area contributed by atoms with E-state index in [-0.39, 0.29) is 6.03 Å². The van der Waals surface area contributed by atoms with Gasteiger partial charge in [-0.2, -0.15) is 11.8 Å². The molecule has 1 aliphatic carbocycles. The minimum absolute atomic E-state index is 0.136. The topological polar surface area (TPSA) is 61.4 Å². The first-order valence-corrected chi connectivity index (χ1v) is 8.56. The SMILES string of the molecule is CC1CCCCC1CNC(=O)NCC1(O)CCSC1. The number of rotatable bonds is 4. The molecule has 110 valence electrons. The Hall–Kier alpha value is -0.420. The lowest BCUT2D eigenvalue weighted by Crippen LogP contribution is -2.47. The lowest BCUT2D eigenvalue weighted by atomic mass is 9.80. The van der Waals surface area contributed by atoms with Crippen molar-refractivity contribution in [2.45, 2.75) is 44.6 Å². The molecule has 1 aliphatic heterocycles. The van der Waals surface area contributed by atoms with Crippen molar-refractivity contribution in [3.63, 3.8) is 0 Å². The summed E-state index contributed by atoms with van der Waals surface area (Å²) < 4.78 is 0. The molecular formula is C14H26N2O2S. The zero-order valence-electron chi connectivity index (χ0n) is 11.8. The van der Waals surface area contributed by atoms with E-state index in [2.05, 4.69) is 17.6 Å². The highest BCUT2D eigenvalue weighted by atomic mass is 32.2. The molecule has 1 saturated heterocycles. The van der Waals surface area contributed by atoms with Crippen molar-refractivity contribution < 1.29 is 9.90 Å². The summed E-state index contributed by atoms with van der Waals surface area (Å²) in [5.41, 5.74) is -0.694. The van der Waals surface area contributed by atoms with Gasteiger partial charge in [-0.05, 0) is 30.4 Å². The van der Waals surface area contributed by atoms with Gasteiger partial charge in [0.05, 0.1) is 5.60 Å². The minimum Gasteiger partial charge on any atom is -0.387 e. The quantitative estimate of drug-likeness (QED) is 0.740. The van der Waals surface area contributed by atoms with Crippen LogP contribution in [0.25, 0.3) is 0 Å². The summed E-state index contributed by atoms with van der Waals surface area (Å²) in [7, 11) is 0. The van der Waals surface area contributed by atoms with Crippen molar-refractivity contribution in [1.82, 2.24) is 10.6 Å². The molecule has 3 unspecified atom stereocenters. The van der Waals surface area contributed by atoms with Gasteiger partial charge in [-0.3, -0.25) is 0 Å². The van der Waals surface area contributed by atoms with E-state index in [0.717, 1.165) is 24.5 Å². The fourth-order valence-corrected chi connectivity index (χ4v) is 4.26. The maximum Gasteiger partial charge on any atom is 0.314 e. The van der Waals surface area contributed by atoms with E-state index in [0.29, 0.717) is 18.4 Å². The van der Waals surface area contributed by atoms with Crippen LogP contribution in [0.2, 0.25) is 0 Å². The fraction of sp³-hybridized carbons (Fsp3) is 0.929. The lowest BCUT2D eigenvalue weighted by Gasteiger charge is -2.29. The van der Waals surface area contributed by atoms with Gasteiger partial charge < -0.3 is 15.7 Å². The summed E-state index contributed by atoms with van der Waals surface area (Å²) in [4.78, 5) is 11.8. The average molecular weight is 286 g/mol. The molecule has 19 heavy (non-hydrogen) atoms. The van der Waals surface area contributed by atoms with Crippen molar-refractivity contribution in [2.24, 2.45) is 11.8 Å². The number of aliphatic hydroxyl groups is 1. The van der Waals surface area contributed by atoms with Crippen LogP contribution in [0.3, 0.4) is 0 Å². The van der Waals surface area contributed by atoms with Crippen molar-refractivity contribution in [1.29, 1.82) is 0 Å². The van der Waals surface area contributed by atoms with E-state index in [9.17, 15) is 9.90 Å². The first-order chi connectivity index (χ1) is 9.09. The van der Waals surface area contributed by atoms with Gasteiger partial charge in [0.2, 0.25) is 0 Å². The largest absolute Gasteiger partial charge is 0.387 e. The number of nitrogens with one attached hydrogen (secondary N) is 2. The molecule has 0 bridgehead atoms. The Morgan fingerprint density at radius 3 is 2.84 bits per heavy atom. The molecule has 2 rings (SSSR count). The Bertz CT molecular complexity index is 306. The van der Waals surface area contributed by atoms with Crippen LogP contribution < -0.4 is 10.6 Å². The molecule has 3 atom stereocenters. The Morgan fingerprint density at radius 2 is 2.16 bits per heavy atom. The Labute approximate surface area is 120 Å². The van der Waals surface area contributed by atoms with Crippen molar-refractivity contribution >= 4 is 17.8 Å². The van der Waals surface area contributed by atoms with Gasteiger partial charge in [-0.1, -0.05) is 26.2 Å². The smallest absolute Gasteiger partial charge is 0.314 e. The highest BCUT2D eigenvalue weighted by molar-refractivity contribution is 7.99. The first kappa shape index (κ1) is 15.0. The van der Waals surface area contributed by atoms with E-state index >= 15 is 0 Å². The summed E-state index contributed by atoms with van der Waals surface area (Å²) in [6.07, 6.45) is 5.90. The highest BCUT2D eigenvalue weighted by Crippen LogP contribution is 2.29. The second-order valence-electron chi connectivity index (χ2n) is 6.11. The maximum atomic E-state index is 11.8. The molecule has 3 N–H and O–H groups in total. The van der Waals surface area contributed by atoms with Gasteiger partial charge >= 0.3 is 6.03 Å². The van der Waals surface area contributed by atoms with Crippen LogP contribution in [0.4, 0.5) is 4.79 Å². The number of hydrogen-bond acceptors (Lipinski definition) is 3. The number of thioether (sulfide) groups is 1. The first-order valence-electron chi connectivity index (χ1n) is 7.41. The molecule has 0 spiro atoms. The highest BCUT2D eigenvalue weighted by Gasteiger charge is 2.32. The Kier molecular flexibility index (Phi) is 5.39. The van der Waals surface area contributed by atoms with Crippen LogP contribution in [0.1, 0.15) is 39.0 Å². The second-order valence-corrected chi connectivity index (χ2v) is 7.22. The van der Waals surface area contributed by atoms with Gasteiger partial charge in [0.15, 0.2) is 0 Å². The molecule has 2 amide bonds. The van der Waals surface area contributed by atoms with Gasteiger partial charge in [0.1, 0.15) is 0 Å². The van der Waals surface area contributed by atoms with Crippen LogP contribution >= 0.6 is 11.8 Å². The molecule has 1 heterocycles. The number of carbonyl (C=O) groups is 1. The zero-order chi connectivity index (χ0) is 13.7. The number of hydrogen-bond donors (Lipinski definition) is 3. The third kappa shape index (κ3) is 4.56. The molecule has 0 aromatic carbocycles. The molecule has 5 heteroatoms. The summed E-state index contributed by atoms with van der Waals surface area (Å²) in [5, 5.41) is 15.9.